The molecule has 4 heterocycles. The highest BCUT2D eigenvalue weighted by atomic mass is 16.5. The van der Waals surface area contributed by atoms with Gasteiger partial charge in [-0.15, -0.1) is 0 Å². The Morgan fingerprint density at radius 1 is 1.35 bits per heavy atom. The molecule has 1 spiro atoms. The molecule has 0 radical (unpaired) electrons. The fourth-order valence-corrected chi connectivity index (χ4v) is 4.11. The van der Waals surface area contributed by atoms with Gasteiger partial charge in [0.1, 0.15) is 11.6 Å². The van der Waals surface area contributed by atoms with Gasteiger partial charge in [-0.05, 0) is 19.8 Å². The fourth-order valence-electron chi connectivity index (χ4n) is 4.11. The summed E-state index contributed by atoms with van der Waals surface area (Å²) in [6, 6.07) is 3.91. The number of piperidine rings is 1. The van der Waals surface area contributed by atoms with Crippen LogP contribution in [0.5, 0.6) is 0 Å². The number of anilines is 1. The second kappa shape index (κ2) is 6.85. The van der Waals surface area contributed by atoms with Crippen molar-refractivity contribution in [3.63, 3.8) is 0 Å². The van der Waals surface area contributed by atoms with Crippen LogP contribution in [0.25, 0.3) is 0 Å². The monoisotopic (exact) mass is 359 g/mol. The number of aryl methyl sites for hydroxylation is 1. The molecule has 26 heavy (non-hydrogen) atoms. The molecule has 0 saturated carbocycles. The number of fused-ring (bicyclic) bond motifs is 2. The van der Waals surface area contributed by atoms with E-state index in [0.29, 0.717) is 19.6 Å². The van der Waals surface area contributed by atoms with E-state index in [2.05, 4.69) is 19.8 Å². The van der Waals surface area contributed by atoms with Crippen molar-refractivity contribution in [2.24, 2.45) is 0 Å². The van der Waals surface area contributed by atoms with E-state index >= 15 is 0 Å². The smallest absolute Gasteiger partial charge is 0.230 e. The largest absolute Gasteiger partial charge is 0.383 e. The van der Waals surface area contributed by atoms with Gasteiger partial charge >= 0.3 is 0 Å². The van der Waals surface area contributed by atoms with Crippen molar-refractivity contribution in [2.45, 2.75) is 38.3 Å². The minimum absolute atomic E-state index is 0.163. The number of amides is 1. The van der Waals surface area contributed by atoms with Crippen molar-refractivity contribution in [2.75, 3.05) is 38.3 Å². The molecule has 0 atom stereocenters. The summed E-state index contributed by atoms with van der Waals surface area (Å²) < 4.78 is 12.4. The Bertz CT molecular complexity index is 775. The molecule has 4 rings (SSSR count). The fraction of sp³-hybridized carbons (Fsp3) is 0.611. The first-order valence-electron chi connectivity index (χ1n) is 9.10. The highest BCUT2D eigenvalue weighted by Crippen LogP contribution is 2.40. The first kappa shape index (κ1) is 17.2. The topological polar surface area (TPSA) is 76.6 Å². The van der Waals surface area contributed by atoms with E-state index in [0.717, 1.165) is 49.7 Å². The van der Waals surface area contributed by atoms with Crippen LogP contribution in [0.15, 0.2) is 22.9 Å². The predicted molar refractivity (Wildman–Crippen MR) is 94.8 cm³/mol. The van der Waals surface area contributed by atoms with Gasteiger partial charge in [0.05, 0.1) is 37.0 Å². The van der Waals surface area contributed by atoms with Crippen LogP contribution in [0.3, 0.4) is 0 Å². The molecule has 2 aliphatic rings. The van der Waals surface area contributed by atoms with Gasteiger partial charge in [0.25, 0.3) is 0 Å². The molecule has 1 fully saturated rings. The maximum absolute atomic E-state index is 12.8. The Morgan fingerprint density at radius 3 is 2.85 bits per heavy atom. The van der Waals surface area contributed by atoms with Crippen LogP contribution in [0.4, 0.5) is 5.82 Å². The van der Waals surface area contributed by atoms with E-state index in [1.807, 2.05) is 19.1 Å². The average molecular weight is 359 g/mol. The normalized spacial score (nSPS) is 19.9. The lowest BCUT2D eigenvalue weighted by Gasteiger charge is -2.46. The van der Waals surface area contributed by atoms with Crippen LogP contribution in [0, 0.1) is 6.92 Å². The predicted octanol–water partition coefficient (Wildman–Crippen LogP) is 1.55. The number of carbonyl (C=O) groups excluding carboxylic acids is 1. The summed E-state index contributed by atoms with van der Waals surface area (Å²) in [4.78, 5) is 17.0. The van der Waals surface area contributed by atoms with Crippen molar-refractivity contribution >= 4 is 11.7 Å². The first-order valence-corrected chi connectivity index (χ1v) is 9.10. The number of hydrogen-bond donors (Lipinski definition) is 0. The summed E-state index contributed by atoms with van der Waals surface area (Å²) in [6.45, 7) is 5.61. The number of carbonyl (C=O) groups is 1. The van der Waals surface area contributed by atoms with Gasteiger partial charge in [-0.25, -0.2) is 4.68 Å². The average Bonchev–Trinajstić information content (AvgIpc) is 3.27. The van der Waals surface area contributed by atoms with Crippen LogP contribution in [0.2, 0.25) is 0 Å². The zero-order valence-electron chi connectivity index (χ0n) is 15.3. The number of likely N-dealkylation sites (tertiary alicyclic amines) is 1. The van der Waals surface area contributed by atoms with Crippen LogP contribution in [-0.2, 0) is 21.6 Å². The number of aromatic nitrogens is 3. The summed E-state index contributed by atoms with van der Waals surface area (Å²) in [5.74, 6) is 1.89. The van der Waals surface area contributed by atoms with Crippen LogP contribution in [0.1, 0.15) is 30.7 Å². The zero-order chi connectivity index (χ0) is 18.1. The second-order valence-corrected chi connectivity index (χ2v) is 7.25. The van der Waals surface area contributed by atoms with Gasteiger partial charge in [-0.3, -0.25) is 14.6 Å². The van der Waals surface area contributed by atoms with Crippen LogP contribution < -0.4 is 4.90 Å². The van der Waals surface area contributed by atoms with Crippen LogP contribution >= 0.6 is 0 Å². The Kier molecular flexibility index (Phi) is 4.54. The summed E-state index contributed by atoms with van der Waals surface area (Å²) in [5, 5.41) is 8.66. The van der Waals surface area contributed by atoms with Gasteiger partial charge in [0.15, 0.2) is 0 Å². The van der Waals surface area contributed by atoms with Crippen molar-refractivity contribution in [3.8, 4) is 0 Å². The lowest BCUT2D eigenvalue weighted by Crippen LogP contribution is -2.54. The molecule has 2 aliphatic heterocycles. The molecule has 1 saturated heterocycles. The van der Waals surface area contributed by atoms with Crippen LogP contribution in [-0.4, -0.2) is 59.1 Å². The van der Waals surface area contributed by atoms with Crippen molar-refractivity contribution in [1.82, 2.24) is 19.8 Å². The zero-order valence-corrected chi connectivity index (χ0v) is 15.3. The Morgan fingerprint density at radius 2 is 2.15 bits per heavy atom. The molecule has 1 amide bonds. The Balaban J connectivity index is 1.48. The van der Waals surface area contributed by atoms with E-state index in [1.54, 1.807) is 18.2 Å². The molecule has 8 heteroatoms. The van der Waals surface area contributed by atoms with E-state index in [4.69, 9.17) is 9.26 Å². The van der Waals surface area contributed by atoms with E-state index < -0.39 is 0 Å². The quantitative estimate of drug-likeness (QED) is 0.806. The first-order chi connectivity index (χ1) is 12.6. The van der Waals surface area contributed by atoms with Gasteiger partial charge in [0, 0.05) is 38.9 Å². The molecule has 2 aromatic rings. The molecule has 0 unspecified atom stereocenters. The van der Waals surface area contributed by atoms with Crippen molar-refractivity contribution < 1.29 is 14.1 Å². The maximum Gasteiger partial charge on any atom is 0.230 e. The lowest BCUT2D eigenvalue weighted by molar-refractivity contribution is -0.123. The molecule has 0 bridgehead atoms. The number of rotatable bonds is 5. The molecule has 8 nitrogen and oxygen atoms in total. The molecule has 0 aromatic carbocycles. The third-order valence-electron chi connectivity index (χ3n) is 5.50. The van der Waals surface area contributed by atoms with Gasteiger partial charge in [-0.1, -0.05) is 5.16 Å². The molecule has 0 aliphatic carbocycles. The Labute approximate surface area is 152 Å². The molecule has 140 valence electrons. The van der Waals surface area contributed by atoms with Gasteiger partial charge in [0.2, 0.25) is 5.91 Å². The highest BCUT2D eigenvalue weighted by molar-refractivity contribution is 5.94. The van der Waals surface area contributed by atoms with Gasteiger partial charge < -0.3 is 9.26 Å². The summed E-state index contributed by atoms with van der Waals surface area (Å²) in [7, 11) is 1.65. The summed E-state index contributed by atoms with van der Waals surface area (Å²) in [5.41, 5.74) is 0.749. The van der Waals surface area contributed by atoms with Crippen molar-refractivity contribution in [3.05, 3.63) is 29.8 Å². The van der Waals surface area contributed by atoms with Gasteiger partial charge in [-0.2, -0.15) is 5.10 Å². The SMILES string of the molecule is COCCN1C(=O)CC2(CCN(Cc3cc(C)on3)CC2)n2nccc21. The number of methoxy groups -OCH3 is 1. The number of nitrogens with zero attached hydrogens (tertiary/aromatic N) is 5. The molecule has 2 aromatic heterocycles. The molecular formula is C18H25N5O3. The van der Waals surface area contributed by atoms with Crippen molar-refractivity contribution in [1.29, 1.82) is 0 Å². The maximum atomic E-state index is 12.8. The minimum Gasteiger partial charge on any atom is -0.383 e. The second-order valence-electron chi connectivity index (χ2n) is 7.25. The van der Waals surface area contributed by atoms with E-state index in [9.17, 15) is 4.79 Å². The lowest BCUT2D eigenvalue weighted by atomic mass is 9.82. The highest BCUT2D eigenvalue weighted by Gasteiger charge is 2.45. The third kappa shape index (κ3) is 3.03. The van der Waals surface area contributed by atoms with E-state index in [-0.39, 0.29) is 11.4 Å². The summed E-state index contributed by atoms with van der Waals surface area (Å²) in [6.07, 6.45) is 4.10. The number of ether oxygens (including phenoxy) is 1. The molecule has 0 N–H and O–H groups in total. The van der Waals surface area contributed by atoms with E-state index in [1.165, 1.54) is 0 Å². The minimum atomic E-state index is -0.213. The standard InChI is InChI=1S/C18H25N5O3/c1-14-11-15(20-26-14)13-21-7-4-18(5-8-21)12-17(24)22(9-10-25-2)16-3-6-19-23(16)18/h3,6,11H,4-5,7-10,12-13H2,1-2H3. The number of hydrogen-bond acceptors (Lipinski definition) is 6. The third-order valence-corrected chi connectivity index (χ3v) is 5.50. The Hall–Kier alpha value is -2.19. The molecular weight excluding hydrogens is 334 g/mol. The summed E-state index contributed by atoms with van der Waals surface area (Å²) >= 11 is 0.